The monoisotopic (exact) mass is 645 g/mol. The molecule has 1 aromatic heterocycles. The molecule has 4 aromatic rings. The van der Waals surface area contributed by atoms with Gasteiger partial charge in [-0.1, -0.05) is 45.9 Å². The second-order valence-corrected chi connectivity index (χ2v) is 10.2. The Kier molecular flexibility index (Phi) is 8.85. The molecule has 0 bridgehead atoms. The summed E-state index contributed by atoms with van der Waals surface area (Å²) in [5.41, 5.74) is 4.53. The number of carbonyl (C=O) groups excluding carboxylic acids is 1. The zero-order valence-corrected chi connectivity index (χ0v) is 23.7. The van der Waals surface area contributed by atoms with Crippen LogP contribution in [-0.2, 0) is 4.79 Å². The number of phenolic OH excluding ortho intramolecular Hbond substituents is 1. The predicted octanol–water partition coefficient (Wildman–Crippen LogP) is 5.42. The van der Waals surface area contributed by atoms with E-state index in [1.165, 1.54) is 18.0 Å². The zero-order chi connectivity index (χ0) is 26.4. The summed E-state index contributed by atoms with van der Waals surface area (Å²) in [7, 11) is 3.15. The number of nitrogens with zero attached hydrogens (tertiary/aromatic N) is 4. The van der Waals surface area contributed by atoms with Gasteiger partial charge >= 0.3 is 0 Å². The molecule has 9 nitrogen and oxygen atoms in total. The maximum Gasteiger partial charge on any atom is 0.250 e. The summed E-state index contributed by atoms with van der Waals surface area (Å²) in [4.78, 5) is 12.5. The molecule has 4 rings (SSSR count). The van der Waals surface area contributed by atoms with Crippen LogP contribution >= 0.6 is 43.6 Å². The molecular formula is C25H21Br2N5O4S. The Balaban J connectivity index is 1.54. The minimum absolute atomic E-state index is 0.0224. The Morgan fingerprint density at radius 2 is 1.84 bits per heavy atom. The molecule has 2 N–H and O–H groups in total. The first-order valence-corrected chi connectivity index (χ1v) is 13.3. The van der Waals surface area contributed by atoms with Gasteiger partial charge in [0, 0.05) is 21.3 Å². The van der Waals surface area contributed by atoms with Crippen LogP contribution in [0, 0.1) is 0 Å². The summed E-state index contributed by atoms with van der Waals surface area (Å²) in [6.45, 7) is 0. The highest BCUT2D eigenvalue weighted by Crippen LogP contribution is 2.34. The van der Waals surface area contributed by atoms with Crippen molar-refractivity contribution < 1.29 is 19.4 Å². The molecule has 0 saturated heterocycles. The van der Waals surface area contributed by atoms with Crippen LogP contribution in [0.3, 0.4) is 0 Å². The number of amides is 1. The third-order valence-corrected chi connectivity index (χ3v) is 7.06. The van der Waals surface area contributed by atoms with E-state index in [0.717, 1.165) is 15.7 Å². The highest BCUT2D eigenvalue weighted by molar-refractivity contribution is 9.11. The van der Waals surface area contributed by atoms with Gasteiger partial charge in [0.2, 0.25) is 0 Å². The maximum absolute atomic E-state index is 12.5. The fourth-order valence-corrected chi connectivity index (χ4v) is 5.36. The lowest BCUT2D eigenvalue weighted by molar-refractivity contribution is -0.118. The Morgan fingerprint density at radius 1 is 1.08 bits per heavy atom. The van der Waals surface area contributed by atoms with E-state index in [1.807, 2.05) is 47.0 Å². The number of aromatic hydroxyl groups is 1. The molecule has 0 saturated carbocycles. The molecule has 3 aromatic carbocycles. The number of phenols is 1. The van der Waals surface area contributed by atoms with Crippen molar-refractivity contribution in [3.05, 3.63) is 75.2 Å². The standard InChI is InChI=1S/C25H21Br2N5O4S/c1-35-20-9-8-15(11-21(20)36-2)24-30-31-25(32(24)18-6-4-3-5-7-18)37-14-22(33)29-28-13-16-10-17(26)12-19(27)23(16)34/h3-13,34H,14H2,1-2H3,(H,29,33)/b28-13-. The van der Waals surface area contributed by atoms with Gasteiger partial charge in [0.25, 0.3) is 5.91 Å². The van der Waals surface area contributed by atoms with Crippen LogP contribution < -0.4 is 14.9 Å². The fraction of sp³-hybridized carbons (Fsp3) is 0.120. The highest BCUT2D eigenvalue weighted by Gasteiger charge is 2.19. The number of halogens is 2. The molecule has 0 aliphatic carbocycles. The third kappa shape index (κ3) is 6.32. The van der Waals surface area contributed by atoms with E-state index in [9.17, 15) is 9.90 Å². The van der Waals surface area contributed by atoms with Crippen LogP contribution in [0.5, 0.6) is 17.2 Å². The Labute approximate surface area is 234 Å². The van der Waals surface area contributed by atoms with Gasteiger partial charge in [0.1, 0.15) is 5.75 Å². The first-order chi connectivity index (χ1) is 17.9. The minimum Gasteiger partial charge on any atom is -0.506 e. The zero-order valence-electron chi connectivity index (χ0n) is 19.7. The number of nitrogens with one attached hydrogen (secondary N) is 1. The molecule has 0 fully saturated rings. The van der Waals surface area contributed by atoms with Crippen molar-refractivity contribution in [3.63, 3.8) is 0 Å². The lowest BCUT2D eigenvalue weighted by atomic mass is 10.2. The van der Waals surface area contributed by atoms with Crippen LogP contribution in [0.2, 0.25) is 0 Å². The van der Waals surface area contributed by atoms with E-state index >= 15 is 0 Å². The Morgan fingerprint density at radius 3 is 2.57 bits per heavy atom. The minimum atomic E-state index is -0.343. The fourth-order valence-electron chi connectivity index (χ4n) is 3.36. The molecule has 12 heteroatoms. The number of aromatic nitrogens is 3. The van der Waals surface area contributed by atoms with E-state index in [2.05, 4.69) is 52.6 Å². The number of rotatable bonds is 9. The summed E-state index contributed by atoms with van der Waals surface area (Å²) >= 11 is 7.84. The van der Waals surface area contributed by atoms with Crippen molar-refractivity contribution in [3.8, 4) is 34.3 Å². The van der Waals surface area contributed by atoms with Crippen LogP contribution in [0.1, 0.15) is 5.56 Å². The van der Waals surface area contributed by atoms with Gasteiger partial charge < -0.3 is 14.6 Å². The quantitative estimate of drug-likeness (QED) is 0.142. The number of hydrogen-bond donors (Lipinski definition) is 2. The second kappa shape index (κ2) is 12.3. The number of carbonyl (C=O) groups is 1. The summed E-state index contributed by atoms with van der Waals surface area (Å²) < 4.78 is 13.9. The predicted molar refractivity (Wildman–Crippen MR) is 150 cm³/mol. The van der Waals surface area contributed by atoms with Gasteiger partial charge in [0.15, 0.2) is 22.5 Å². The summed E-state index contributed by atoms with van der Waals surface area (Å²) in [6.07, 6.45) is 1.37. The van der Waals surface area contributed by atoms with E-state index in [1.54, 1.807) is 32.4 Å². The largest absolute Gasteiger partial charge is 0.506 e. The number of ether oxygens (including phenoxy) is 2. The summed E-state index contributed by atoms with van der Waals surface area (Å²) in [5, 5.41) is 23.4. The lowest BCUT2D eigenvalue weighted by Crippen LogP contribution is -2.20. The van der Waals surface area contributed by atoms with Gasteiger partial charge in [-0.15, -0.1) is 10.2 Å². The second-order valence-electron chi connectivity index (χ2n) is 7.45. The molecule has 0 unspecified atom stereocenters. The first kappa shape index (κ1) is 26.7. The molecule has 1 heterocycles. The first-order valence-electron chi connectivity index (χ1n) is 10.8. The van der Waals surface area contributed by atoms with Crippen molar-refractivity contribution >= 4 is 55.7 Å². The SMILES string of the molecule is COc1ccc(-c2nnc(SCC(=O)N/N=C\c3cc(Br)cc(Br)c3O)n2-c2ccccc2)cc1OC. The average Bonchev–Trinajstić information content (AvgIpc) is 3.34. The molecule has 0 atom stereocenters. The van der Waals surface area contributed by atoms with Crippen molar-refractivity contribution in [2.45, 2.75) is 5.16 Å². The number of hydrogen-bond acceptors (Lipinski definition) is 8. The third-order valence-electron chi connectivity index (χ3n) is 5.07. The normalized spacial score (nSPS) is 11.0. The van der Waals surface area contributed by atoms with Crippen molar-refractivity contribution in [2.75, 3.05) is 20.0 Å². The van der Waals surface area contributed by atoms with Gasteiger partial charge in [-0.05, 0) is 58.4 Å². The van der Waals surface area contributed by atoms with Crippen LogP contribution in [0.15, 0.2) is 79.9 Å². The van der Waals surface area contributed by atoms with Crippen LogP contribution in [0.25, 0.3) is 17.1 Å². The Hall–Kier alpha value is -3.35. The van der Waals surface area contributed by atoms with Crippen LogP contribution in [-0.4, -0.2) is 52.0 Å². The molecule has 0 aliphatic heterocycles. The van der Waals surface area contributed by atoms with Gasteiger partial charge in [-0.2, -0.15) is 5.10 Å². The van der Waals surface area contributed by atoms with Crippen molar-refractivity contribution in [1.29, 1.82) is 0 Å². The highest BCUT2D eigenvalue weighted by atomic mass is 79.9. The number of benzene rings is 3. The average molecular weight is 647 g/mol. The molecule has 37 heavy (non-hydrogen) atoms. The number of thioether (sulfide) groups is 1. The van der Waals surface area contributed by atoms with E-state index in [-0.39, 0.29) is 17.4 Å². The summed E-state index contributed by atoms with van der Waals surface area (Å²) in [5.74, 6) is 1.48. The number of hydrazone groups is 1. The van der Waals surface area contributed by atoms with E-state index < -0.39 is 0 Å². The smallest absolute Gasteiger partial charge is 0.250 e. The van der Waals surface area contributed by atoms with Crippen LogP contribution in [0.4, 0.5) is 0 Å². The number of methoxy groups -OCH3 is 2. The molecule has 0 spiro atoms. The molecular weight excluding hydrogens is 626 g/mol. The van der Waals surface area contributed by atoms with Crippen molar-refractivity contribution in [2.24, 2.45) is 5.10 Å². The Bertz CT molecular complexity index is 1450. The maximum atomic E-state index is 12.5. The molecule has 1 amide bonds. The van der Waals surface area contributed by atoms with Gasteiger partial charge in [0.05, 0.1) is 30.7 Å². The lowest BCUT2D eigenvalue weighted by Gasteiger charge is -2.12. The van der Waals surface area contributed by atoms with Crippen molar-refractivity contribution in [1.82, 2.24) is 20.2 Å². The summed E-state index contributed by atoms with van der Waals surface area (Å²) in [6, 6.07) is 18.5. The molecule has 0 radical (unpaired) electrons. The molecule has 0 aliphatic rings. The topological polar surface area (TPSA) is 111 Å². The van der Waals surface area contributed by atoms with Gasteiger partial charge in [-0.25, -0.2) is 5.43 Å². The van der Waals surface area contributed by atoms with E-state index in [4.69, 9.17) is 9.47 Å². The van der Waals surface area contributed by atoms with E-state index in [0.29, 0.717) is 32.5 Å². The molecule has 190 valence electrons. The van der Waals surface area contributed by atoms with Gasteiger partial charge in [-0.3, -0.25) is 9.36 Å². The number of para-hydroxylation sites is 1.